The van der Waals surface area contributed by atoms with E-state index < -0.39 is 78.5 Å². The quantitative estimate of drug-likeness (QED) is 0.141. The van der Waals surface area contributed by atoms with E-state index in [4.69, 9.17) is 16.6 Å². The van der Waals surface area contributed by atoms with Gasteiger partial charge in [-0.1, -0.05) is 0 Å². The number of carboxylic acid groups (broad SMARTS) is 1. The summed E-state index contributed by atoms with van der Waals surface area (Å²) >= 11 is 0. The Labute approximate surface area is 172 Å². The summed E-state index contributed by atoms with van der Waals surface area (Å²) in [5.74, 6) is -5.77. The van der Waals surface area contributed by atoms with Gasteiger partial charge in [-0.15, -0.1) is 0 Å². The molecule has 4 amide bonds. The van der Waals surface area contributed by atoms with Crippen molar-refractivity contribution in [2.45, 2.75) is 69.7 Å². The molecule has 11 N–H and O–H groups in total. The first kappa shape index (κ1) is 27.2. The lowest BCUT2D eigenvalue weighted by molar-refractivity contribution is -0.146. The molecule has 14 nitrogen and oxygen atoms in total. The molecular weight excluding hydrogens is 406 g/mol. The van der Waals surface area contributed by atoms with Crippen LogP contribution in [0.5, 0.6) is 0 Å². The SMILES string of the molecule is CC(O)C(N)C(=O)NC(CC(N)=O)C(=O)NC(C(=O)NC(C(=O)O)C(C)O)C(C)O. The summed E-state index contributed by atoms with van der Waals surface area (Å²) in [6, 6.07) is -6.44. The highest BCUT2D eigenvalue weighted by Crippen LogP contribution is 2.02. The predicted molar refractivity (Wildman–Crippen MR) is 100 cm³/mol. The minimum atomic E-state index is -1.72. The van der Waals surface area contributed by atoms with Gasteiger partial charge in [-0.05, 0) is 20.8 Å². The first-order chi connectivity index (χ1) is 13.7. The van der Waals surface area contributed by atoms with Crippen molar-refractivity contribution < 1.29 is 44.4 Å². The fraction of sp³-hybridized carbons (Fsp3) is 0.688. The molecule has 172 valence electrons. The molecule has 0 rings (SSSR count). The Bertz CT molecular complexity index is 653. The van der Waals surface area contributed by atoms with Crippen molar-refractivity contribution in [1.29, 1.82) is 0 Å². The number of carbonyl (C=O) groups is 5. The first-order valence-electron chi connectivity index (χ1n) is 8.91. The zero-order valence-electron chi connectivity index (χ0n) is 16.7. The summed E-state index contributed by atoms with van der Waals surface area (Å²) in [6.07, 6.45) is -4.97. The minimum Gasteiger partial charge on any atom is -0.480 e. The number of nitrogens with two attached hydrogens (primary N) is 2. The third-order valence-corrected chi connectivity index (χ3v) is 3.97. The first-order valence-corrected chi connectivity index (χ1v) is 8.91. The molecule has 7 unspecified atom stereocenters. The summed E-state index contributed by atoms with van der Waals surface area (Å²) in [5.41, 5.74) is 10.5. The fourth-order valence-electron chi connectivity index (χ4n) is 2.19. The van der Waals surface area contributed by atoms with Crippen LogP contribution >= 0.6 is 0 Å². The summed E-state index contributed by atoms with van der Waals surface area (Å²) in [4.78, 5) is 59.1. The Balaban J connectivity index is 5.46. The molecule has 7 atom stereocenters. The van der Waals surface area contributed by atoms with Gasteiger partial charge in [0.1, 0.15) is 18.1 Å². The van der Waals surface area contributed by atoms with Crippen LogP contribution < -0.4 is 27.4 Å². The molecule has 0 aromatic heterocycles. The van der Waals surface area contributed by atoms with Crippen LogP contribution in [0.2, 0.25) is 0 Å². The standard InChI is InChI=1S/C16H29N5O9/c1-5(22)10(18)14(27)19-8(4-9(17)25)13(26)20-11(6(2)23)15(28)21-12(7(3)24)16(29)30/h5-8,10-12,22-24H,4,18H2,1-3H3,(H2,17,25)(H,19,27)(H,20,26)(H,21,28)(H,29,30). The Kier molecular flexibility index (Phi) is 10.9. The molecule has 0 saturated heterocycles. The predicted octanol–water partition coefficient (Wildman–Crippen LogP) is -5.13. The largest absolute Gasteiger partial charge is 0.480 e. The summed E-state index contributed by atoms with van der Waals surface area (Å²) in [5, 5.41) is 43.8. The molecule has 0 radical (unpaired) electrons. The van der Waals surface area contributed by atoms with Crippen molar-refractivity contribution in [1.82, 2.24) is 16.0 Å². The maximum Gasteiger partial charge on any atom is 0.328 e. The summed E-state index contributed by atoms with van der Waals surface area (Å²) in [7, 11) is 0. The number of amides is 4. The zero-order valence-corrected chi connectivity index (χ0v) is 16.7. The molecule has 0 aliphatic heterocycles. The molecular formula is C16H29N5O9. The maximum atomic E-state index is 12.5. The number of aliphatic hydroxyl groups is 3. The van der Waals surface area contributed by atoms with Crippen molar-refractivity contribution in [3.63, 3.8) is 0 Å². The van der Waals surface area contributed by atoms with Gasteiger partial charge in [0.25, 0.3) is 0 Å². The van der Waals surface area contributed by atoms with Gasteiger partial charge in [-0.2, -0.15) is 0 Å². The van der Waals surface area contributed by atoms with Crippen LogP contribution in [0.4, 0.5) is 0 Å². The molecule has 0 saturated carbocycles. The molecule has 14 heteroatoms. The van der Waals surface area contributed by atoms with Gasteiger partial charge >= 0.3 is 5.97 Å². The Hall–Kier alpha value is -2.81. The van der Waals surface area contributed by atoms with Gasteiger partial charge in [0.2, 0.25) is 23.6 Å². The Morgan fingerprint density at radius 2 is 1.23 bits per heavy atom. The van der Waals surface area contributed by atoms with Crippen molar-refractivity contribution in [3.8, 4) is 0 Å². The molecule has 0 fully saturated rings. The minimum absolute atomic E-state index is 0.691. The van der Waals surface area contributed by atoms with E-state index in [0.717, 1.165) is 13.8 Å². The smallest absolute Gasteiger partial charge is 0.328 e. The molecule has 0 aliphatic rings. The van der Waals surface area contributed by atoms with Crippen LogP contribution in [0.1, 0.15) is 27.2 Å². The topological polar surface area (TPSA) is 254 Å². The lowest BCUT2D eigenvalue weighted by Crippen LogP contribution is -2.61. The third-order valence-electron chi connectivity index (χ3n) is 3.97. The van der Waals surface area contributed by atoms with E-state index in [2.05, 4.69) is 10.6 Å². The number of nitrogens with one attached hydrogen (secondary N) is 3. The van der Waals surface area contributed by atoms with E-state index >= 15 is 0 Å². The number of rotatable bonds is 12. The average molecular weight is 435 g/mol. The molecule has 0 aromatic rings. The number of hydrogen-bond donors (Lipinski definition) is 9. The van der Waals surface area contributed by atoms with E-state index in [1.54, 1.807) is 0 Å². The lowest BCUT2D eigenvalue weighted by atomic mass is 10.1. The Morgan fingerprint density at radius 1 is 0.767 bits per heavy atom. The second kappa shape index (κ2) is 12.0. The number of primary amides is 1. The second-order valence-corrected chi connectivity index (χ2v) is 6.79. The van der Waals surface area contributed by atoms with Crippen molar-refractivity contribution >= 4 is 29.6 Å². The van der Waals surface area contributed by atoms with Crippen LogP contribution in [-0.2, 0) is 24.0 Å². The van der Waals surface area contributed by atoms with Gasteiger partial charge in [0.05, 0.1) is 24.7 Å². The van der Waals surface area contributed by atoms with Gasteiger partial charge in [0.15, 0.2) is 6.04 Å². The van der Waals surface area contributed by atoms with E-state index in [1.165, 1.54) is 6.92 Å². The number of aliphatic hydroxyl groups excluding tert-OH is 3. The van der Waals surface area contributed by atoms with Gasteiger partial charge in [-0.3, -0.25) is 19.2 Å². The molecule has 0 aliphatic carbocycles. The van der Waals surface area contributed by atoms with Crippen molar-refractivity contribution in [2.75, 3.05) is 0 Å². The van der Waals surface area contributed by atoms with Crippen LogP contribution in [0.15, 0.2) is 0 Å². The van der Waals surface area contributed by atoms with Gasteiger partial charge in [-0.25, -0.2) is 4.79 Å². The van der Waals surface area contributed by atoms with Crippen molar-refractivity contribution in [3.05, 3.63) is 0 Å². The van der Waals surface area contributed by atoms with Gasteiger partial charge < -0.3 is 47.8 Å². The normalized spacial score (nSPS) is 18.0. The van der Waals surface area contributed by atoms with E-state index in [-0.39, 0.29) is 0 Å². The molecule has 0 aromatic carbocycles. The van der Waals surface area contributed by atoms with Crippen LogP contribution in [-0.4, -0.2) is 92.5 Å². The van der Waals surface area contributed by atoms with Crippen molar-refractivity contribution in [2.24, 2.45) is 11.5 Å². The van der Waals surface area contributed by atoms with Crippen LogP contribution in [0.3, 0.4) is 0 Å². The summed E-state index contributed by atoms with van der Waals surface area (Å²) in [6.45, 7) is 3.45. The van der Waals surface area contributed by atoms with Crippen LogP contribution in [0.25, 0.3) is 0 Å². The molecule has 0 heterocycles. The number of hydrogen-bond acceptors (Lipinski definition) is 9. The second-order valence-electron chi connectivity index (χ2n) is 6.79. The highest BCUT2D eigenvalue weighted by atomic mass is 16.4. The van der Waals surface area contributed by atoms with Gasteiger partial charge in [0, 0.05) is 0 Å². The van der Waals surface area contributed by atoms with E-state index in [1.807, 2.05) is 5.32 Å². The lowest BCUT2D eigenvalue weighted by Gasteiger charge is -2.27. The number of carbonyl (C=O) groups excluding carboxylic acids is 4. The molecule has 0 spiro atoms. The monoisotopic (exact) mass is 435 g/mol. The molecule has 30 heavy (non-hydrogen) atoms. The zero-order chi connectivity index (χ0) is 23.8. The highest BCUT2D eigenvalue weighted by molar-refractivity contribution is 5.96. The van der Waals surface area contributed by atoms with Crippen LogP contribution in [0, 0.1) is 0 Å². The third kappa shape index (κ3) is 8.69. The average Bonchev–Trinajstić information content (AvgIpc) is 2.60. The number of carboxylic acids is 1. The summed E-state index contributed by atoms with van der Waals surface area (Å²) < 4.78 is 0. The van der Waals surface area contributed by atoms with E-state index in [9.17, 15) is 39.3 Å². The Morgan fingerprint density at radius 3 is 1.60 bits per heavy atom. The fourth-order valence-corrected chi connectivity index (χ4v) is 2.19. The van der Waals surface area contributed by atoms with E-state index in [0.29, 0.717) is 0 Å². The highest BCUT2D eigenvalue weighted by Gasteiger charge is 2.34. The number of aliphatic carboxylic acids is 1. The molecule has 0 bridgehead atoms. The maximum absolute atomic E-state index is 12.5.